The lowest BCUT2D eigenvalue weighted by atomic mass is 10.2. The number of fused-ring (bicyclic) bond motifs is 1. The monoisotopic (exact) mass is 405 g/mol. The Morgan fingerprint density at radius 2 is 1.92 bits per heavy atom. The van der Waals surface area contributed by atoms with Gasteiger partial charge in [-0.05, 0) is 29.8 Å². The highest BCUT2D eigenvalue weighted by molar-refractivity contribution is 7.93. The fourth-order valence-corrected chi connectivity index (χ4v) is 4.41. The first-order valence-corrected chi connectivity index (χ1v) is 10.1. The van der Waals surface area contributed by atoms with Gasteiger partial charge in [-0.15, -0.1) is 0 Å². The molecule has 2 aromatic heterocycles. The number of hydrogen-bond donors (Lipinski definition) is 1. The largest absolute Gasteiger partial charge is 0.276 e. The summed E-state index contributed by atoms with van der Waals surface area (Å²) >= 11 is 6.85. The van der Waals surface area contributed by atoms with Crippen molar-refractivity contribution >= 4 is 50.1 Å². The summed E-state index contributed by atoms with van der Waals surface area (Å²) in [5.74, 6) is 0. The predicted octanol–water partition coefficient (Wildman–Crippen LogP) is 3.39. The van der Waals surface area contributed by atoms with Crippen LogP contribution in [0.5, 0.6) is 0 Å². The van der Waals surface area contributed by atoms with Crippen molar-refractivity contribution < 1.29 is 8.42 Å². The Hall–Kier alpha value is -2.49. The SMILES string of the molecule is O=S(=O)(Nc1cnn(Cc2ccc(Cl)cc2)c1)c1cccc2nsnc12. The molecule has 4 aromatic rings. The van der Waals surface area contributed by atoms with Crippen LogP contribution < -0.4 is 4.72 Å². The third-order valence-corrected chi connectivity index (χ3v) is 5.89. The molecule has 0 radical (unpaired) electrons. The van der Waals surface area contributed by atoms with E-state index in [1.165, 1.54) is 12.3 Å². The summed E-state index contributed by atoms with van der Waals surface area (Å²) < 4.78 is 37.7. The molecule has 0 aliphatic rings. The summed E-state index contributed by atoms with van der Waals surface area (Å²) in [5.41, 5.74) is 2.29. The minimum absolute atomic E-state index is 0.0919. The zero-order valence-corrected chi connectivity index (χ0v) is 15.6. The van der Waals surface area contributed by atoms with Crippen molar-refractivity contribution in [3.63, 3.8) is 0 Å². The molecule has 0 saturated carbocycles. The summed E-state index contributed by atoms with van der Waals surface area (Å²) in [6.07, 6.45) is 3.10. The van der Waals surface area contributed by atoms with Gasteiger partial charge in [0.15, 0.2) is 0 Å². The number of nitrogens with zero attached hydrogens (tertiary/aromatic N) is 4. The van der Waals surface area contributed by atoms with Gasteiger partial charge in [-0.25, -0.2) is 8.42 Å². The molecule has 26 heavy (non-hydrogen) atoms. The maximum absolute atomic E-state index is 12.7. The number of nitrogens with one attached hydrogen (secondary N) is 1. The summed E-state index contributed by atoms with van der Waals surface area (Å²) in [7, 11) is -3.79. The fraction of sp³-hybridized carbons (Fsp3) is 0.0625. The van der Waals surface area contributed by atoms with Gasteiger partial charge in [-0.2, -0.15) is 13.8 Å². The molecule has 10 heteroatoms. The van der Waals surface area contributed by atoms with Crippen LogP contribution in [0.2, 0.25) is 5.02 Å². The Labute approximate surface area is 158 Å². The van der Waals surface area contributed by atoms with Gasteiger partial charge in [0.25, 0.3) is 10.0 Å². The topological polar surface area (TPSA) is 89.8 Å². The molecule has 0 aliphatic heterocycles. The van der Waals surface area contributed by atoms with Crippen molar-refractivity contribution in [1.29, 1.82) is 0 Å². The van der Waals surface area contributed by atoms with Gasteiger partial charge in [0.05, 0.1) is 30.2 Å². The third-order valence-electron chi connectivity index (χ3n) is 3.68. The second kappa shape index (κ2) is 6.67. The van der Waals surface area contributed by atoms with Crippen LogP contribution in [0.4, 0.5) is 5.69 Å². The van der Waals surface area contributed by atoms with Gasteiger partial charge in [0.1, 0.15) is 15.9 Å². The van der Waals surface area contributed by atoms with Crippen molar-refractivity contribution in [3.05, 3.63) is 65.4 Å². The summed E-state index contributed by atoms with van der Waals surface area (Å²) in [6, 6.07) is 12.3. The average molecular weight is 406 g/mol. The number of halogens is 1. The van der Waals surface area contributed by atoms with E-state index in [1.54, 1.807) is 35.1 Å². The zero-order valence-electron chi connectivity index (χ0n) is 13.2. The van der Waals surface area contributed by atoms with E-state index in [9.17, 15) is 8.42 Å². The highest BCUT2D eigenvalue weighted by Crippen LogP contribution is 2.23. The lowest BCUT2D eigenvalue weighted by Gasteiger charge is -2.06. The predicted molar refractivity (Wildman–Crippen MR) is 101 cm³/mol. The first kappa shape index (κ1) is 17.0. The molecular weight excluding hydrogens is 394 g/mol. The molecule has 1 N–H and O–H groups in total. The number of anilines is 1. The molecule has 0 spiro atoms. The van der Waals surface area contributed by atoms with Crippen molar-refractivity contribution in [3.8, 4) is 0 Å². The summed E-state index contributed by atoms with van der Waals surface area (Å²) in [5, 5.41) is 4.86. The van der Waals surface area contributed by atoms with Crippen LogP contribution >= 0.6 is 23.3 Å². The molecule has 0 atom stereocenters. The van der Waals surface area contributed by atoms with E-state index in [0.29, 0.717) is 28.3 Å². The van der Waals surface area contributed by atoms with Gasteiger partial charge < -0.3 is 0 Å². The van der Waals surface area contributed by atoms with E-state index in [1.807, 2.05) is 12.1 Å². The van der Waals surface area contributed by atoms with E-state index in [-0.39, 0.29) is 4.90 Å². The first-order chi connectivity index (χ1) is 12.5. The molecule has 0 amide bonds. The van der Waals surface area contributed by atoms with Crippen molar-refractivity contribution in [2.24, 2.45) is 0 Å². The smallest absolute Gasteiger partial charge is 0.264 e. The molecule has 0 saturated heterocycles. The lowest BCUT2D eigenvalue weighted by molar-refractivity contribution is 0.602. The van der Waals surface area contributed by atoms with Gasteiger partial charge in [0.2, 0.25) is 0 Å². The Balaban J connectivity index is 1.56. The third kappa shape index (κ3) is 3.41. The van der Waals surface area contributed by atoms with Gasteiger partial charge in [0, 0.05) is 11.2 Å². The second-order valence-corrected chi connectivity index (χ2v) is 8.16. The van der Waals surface area contributed by atoms with Crippen molar-refractivity contribution in [1.82, 2.24) is 18.5 Å². The average Bonchev–Trinajstić information content (AvgIpc) is 3.25. The molecule has 132 valence electrons. The Kier molecular flexibility index (Phi) is 4.35. The number of hydrogen-bond acceptors (Lipinski definition) is 6. The van der Waals surface area contributed by atoms with E-state index in [0.717, 1.165) is 17.3 Å². The number of sulfonamides is 1. The van der Waals surface area contributed by atoms with E-state index < -0.39 is 10.0 Å². The minimum atomic E-state index is -3.79. The van der Waals surface area contributed by atoms with Crippen LogP contribution in [-0.4, -0.2) is 26.9 Å². The molecule has 7 nitrogen and oxygen atoms in total. The number of benzene rings is 2. The number of rotatable bonds is 5. The second-order valence-electron chi connectivity index (χ2n) is 5.55. The molecule has 2 heterocycles. The molecule has 4 rings (SSSR count). The highest BCUT2D eigenvalue weighted by atomic mass is 35.5. The molecule has 0 fully saturated rings. The van der Waals surface area contributed by atoms with E-state index in [2.05, 4.69) is 18.6 Å². The first-order valence-electron chi connectivity index (χ1n) is 7.52. The summed E-state index contributed by atoms with van der Waals surface area (Å²) in [4.78, 5) is 0.0919. The quantitative estimate of drug-likeness (QED) is 0.549. The molecule has 0 unspecified atom stereocenters. The summed E-state index contributed by atoms with van der Waals surface area (Å²) in [6.45, 7) is 0.504. The van der Waals surface area contributed by atoms with Crippen LogP contribution in [0.25, 0.3) is 11.0 Å². The van der Waals surface area contributed by atoms with Crippen LogP contribution in [0.3, 0.4) is 0 Å². The maximum Gasteiger partial charge on any atom is 0.264 e. The van der Waals surface area contributed by atoms with Crippen LogP contribution in [0.15, 0.2) is 59.8 Å². The molecule has 2 aromatic carbocycles. The van der Waals surface area contributed by atoms with E-state index in [4.69, 9.17) is 11.6 Å². The Morgan fingerprint density at radius 3 is 2.73 bits per heavy atom. The normalized spacial score (nSPS) is 11.7. The Bertz CT molecular complexity index is 1170. The van der Waals surface area contributed by atoms with Crippen molar-refractivity contribution in [2.75, 3.05) is 4.72 Å². The standard InChI is InChI=1S/C16H12ClN5O2S2/c17-12-6-4-11(5-7-12)9-22-10-13(8-18-22)21-26(23,24)15-3-1-2-14-16(15)20-25-19-14/h1-8,10,21H,9H2. The maximum atomic E-state index is 12.7. The van der Waals surface area contributed by atoms with Gasteiger partial charge >= 0.3 is 0 Å². The zero-order chi connectivity index (χ0) is 18.1. The minimum Gasteiger partial charge on any atom is -0.276 e. The molecular formula is C16H12ClN5O2S2. The molecule has 0 bridgehead atoms. The van der Waals surface area contributed by atoms with Crippen LogP contribution in [-0.2, 0) is 16.6 Å². The van der Waals surface area contributed by atoms with Gasteiger partial charge in [-0.1, -0.05) is 29.8 Å². The van der Waals surface area contributed by atoms with Crippen LogP contribution in [0, 0.1) is 0 Å². The Morgan fingerprint density at radius 1 is 1.12 bits per heavy atom. The fourth-order valence-electron chi connectivity index (χ4n) is 2.49. The highest BCUT2D eigenvalue weighted by Gasteiger charge is 2.20. The van der Waals surface area contributed by atoms with Crippen molar-refractivity contribution in [2.45, 2.75) is 11.4 Å². The number of aromatic nitrogens is 4. The lowest BCUT2D eigenvalue weighted by Crippen LogP contribution is -2.13. The molecule has 0 aliphatic carbocycles. The van der Waals surface area contributed by atoms with Gasteiger partial charge in [-0.3, -0.25) is 9.40 Å². The van der Waals surface area contributed by atoms with E-state index >= 15 is 0 Å². The van der Waals surface area contributed by atoms with Crippen LogP contribution in [0.1, 0.15) is 5.56 Å².